The standard InChI is InChI=1S/C13H22N4O3/c1-3-11-15-12(20-16-11)5-7-14-10-6-8-17(9-10)13(18)19-4-2/h10,14H,3-9H2,1-2H3/t10-/m1/s1. The molecule has 1 aromatic rings. The lowest BCUT2D eigenvalue weighted by atomic mass is 10.2. The van der Waals surface area contributed by atoms with Crippen molar-refractivity contribution in [3.63, 3.8) is 0 Å². The zero-order valence-corrected chi connectivity index (χ0v) is 12.1. The molecule has 0 radical (unpaired) electrons. The summed E-state index contributed by atoms with van der Waals surface area (Å²) in [5, 5.41) is 7.26. The zero-order chi connectivity index (χ0) is 14.4. The lowest BCUT2D eigenvalue weighted by molar-refractivity contribution is 0.115. The molecule has 1 fully saturated rings. The summed E-state index contributed by atoms with van der Waals surface area (Å²) in [5.74, 6) is 1.41. The van der Waals surface area contributed by atoms with E-state index < -0.39 is 0 Å². The summed E-state index contributed by atoms with van der Waals surface area (Å²) in [4.78, 5) is 17.6. The zero-order valence-electron chi connectivity index (χ0n) is 12.1. The molecule has 1 aromatic heterocycles. The highest BCUT2D eigenvalue weighted by Crippen LogP contribution is 2.10. The Morgan fingerprint density at radius 1 is 1.55 bits per heavy atom. The molecule has 0 bridgehead atoms. The second-order valence-corrected chi connectivity index (χ2v) is 4.79. The molecule has 1 aliphatic heterocycles. The third-order valence-corrected chi connectivity index (χ3v) is 3.31. The second kappa shape index (κ2) is 7.23. The average Bonchev–Trinajstić information content (AvgIpc) is 3.08. The van der Waals surface area contributed by atoms with Crippen LogP contribution in [-0.4, -0.2) is 53.4 Å². The van der Waals surface area contributed by atoms with E-state index in [2.05, 4.69) is 15.5 Å². The Balaban J connectivity index is 1.66. The van der Waals surface area contributed by atoms with Gasteiger partial charge in [-0.1, -0.05) is 12.1 Å². The maximum Gasteiger partial charge on any atom is 0.409 e. The maximum atomic E-state index is 11.6. The van der Waals surface area contributed by atoms with Crippen LogP contribution in [0.25, 0.3) is 0 Å². The summed E-state index contributed by atoms with van der Waals surface area (Å²) in [6.45, 7) is 6.45. The first-order chi connectivity index (χ1) is 9.72. The van der Waals surface area contributed by atoms with Crippen molar-refractivity contribution < 1.29 is 14.1 Å². The van der Waals surface area contributed by atoms with Crippen LogP contribution in [-0.2, 0) is 17.6 Å². The van der Waals surface area contributed by atoms with Crippen LogP contribution in [0.5, 0.6) is 0 Å². The second-order valence-electron chi connectivity index (χ2n) is 4.79. The van der Waals surface area contributed by atoms with Gasteiger partial charge >= 0.3 is 6.09 Å². The first kappa shape index (κ1) is 14.8. The average molecular weight is 282 g/mol. The van der Waals surface area contributed by atoms with Crippen molar-refractivity contribution in [3.05, 3.63) is 11.7 Å². The van der Waals surface area contributed by atoms with Crippen LogP contribution in [0.4, 0.5) is 4.79 Å². The fraction of sp³-hybridized carbons (Fsp3) is 0.769. The number of aromatic nitrogens is 2. The smallest absolute Gasteiger partial charge is 0.409 e. The Labute approximate surface area is 118 Å². The molecule has 2 heterocycles. The minimum absolute atomic E-state index is 0.221. The van der Waals surface area contributed by atoms with Gasteiger partial charge in [-0.2, -0.15) is 4.98 Å². The molecule has 1 aliphatic rings. The van der Waals surface area contributed by atoms with Crippen molar-refractivity contribution in [1.29, 1.82) is 0 Å². The lowest BCUT2D eigenvalue weighted by Gasteiger charge is -2.16. The number of hydrogen-bond acceptors (Lipinski definition) is 6. The molecular weight excluding hydrogens is 260 g/mol. The molecule has 0 aromatic carbocycles. The molecule has 0 aliphatic carbocycles. The molecule has 1 saturated heterocycles. The molecule has 0 saturated carbocycles. The Morgan fingerprint density at radius 3 is 3.10 bits per heavy atom. The van der Waals surface area contributed by atoms with Gasteiger partial charge in [-0.3, -0.25) is 0 Å². The molecular formula is C13H22N4O3. The summed E-state index contributed by atoms with van der Waals surface area (Å²) < 4.78 is 10.1. The Bertz CT molecular complexity index is 435. The first-order valence-electron chi connectivity index (χ1n) is 7.19. The number of carbonyl (C=O) groups excluding carboxylic acids is 1. The Morgan fingerprint density at radius 2 is 2.40 bits per heavy atom. The van der Waals surface area contributed by atoms with Crippen LogP contribution in [0, 0.1) is 0 Å². The van der Waals surface area contributed by atoms with E-state index in [9.17, 15) is 4.79 Å². The summed E-state index contributed by atoms with van der Waals surface area (Å²) in [5.41, 5.74) is 0. The van der Waals surface area contributed by atoms with Gasteiger partial charge in [0, 0.05) is 38.5 Å². The normalized spacial score (nSPS) is 18.5. The highest BCUT2D eigenvalue weighted by molar-refractivity contribution is 5.68. The monoisotopic (exact) mass is 282 g/mol. The van der Waals surface area contributed by atoms with Gasteiger partial charge in [0.25, 0.3) is 0 Å². The van der Waals surface area contributed by atoms with Crippen molar-refractivity contribution >= 4 is 6.09 Å². The summed E-state index contributed by atoms with van der Waals surface area (Å²) in [6.07, 6.45) is 2.22. The van der Waals surface area contributed by atoms with Crippen LogP contribution >= 0.6 is 0 Å². The van der Waals surface area contributed by atoms with Gasteiger partial charge in [-0.25, -0.2) is 4.79 Å². The van der Waals surface area contributed by atoms with Crippen LogP contribution in [0.15, 0.2) is 4.52 Å². The van der Waals surface area contributed by atoms with Gasteiger partial charge in [-0.15, -0.1) is 0 Å². The predicted octanol–water partition coefficient (Wildman–Crippen LogP) is 0.995. The van der Waals surface area contributed by atoms with Gasteiger partial charge in [-0.05, 0) is 13.3 Å². The molecule has 0 unspecified atom stereocenters. The van der Waals surface area contributed by atoms with Crippen molar-refractivity contribution in [2.24, 2.45) is 0 Å². The highest BCUT2D eigenvalue weighted by atomic mass is 16.6. The van der Waals surface area contributed by atoms with Crippen molar-refractivity contribution in [2.45, 2.75) is 39.2 Å². The van der Waals surface area contributed by atoms with E-state index in [0.29, 0.717) is 31.5 Å². The largest absolute Gasteiger partial charge is 0.450 e. The fourth-order valence-electron chi connectivity index (χ4n) is 2.23. The molecule has 0 spiro atoms. The minimum Gasteiger partial charge on any atom is -0.450 e. The Kier molecular flexibility index (Phi) is 5.34. The van der Waals surface area contributed by atoms with Gasteiger partial charge in [0.1, 0.15) is 0 Å². The Hall–Kier alpha value is -1.63. The van der Waals surface area contributed by atoms with E-state index in [1.54, 1.807) is 4.90 Å². The number of hydrogen-bond donors (Lipinski definition) is 1. The van der Waals surface area contributed by atoms with E-state index in [0.717, 1.165) is 31.8 Å². The SMILES string of the molecule is CCOC(=O)N1CC[C@@H](NCCc2nc(CC)no2)C1. The molecule has 1 N–H and O–H groups in total. The van der Waals surface area contributed by atoms with Crippen LogP contribution in [0.2, 0.25) is 0 Å². The number of nitrogens with one attached hydrogen (secondary N) is 1. The molecule has 20 heavy (non-hydrogen) atoms. The maximum absolute atomic E-state index is 11.6. The van der Waals surface area contributed by atoms with Crippen LogP contribution in [0.3, 0.4) is 0 Å². The molecule has 7 heteroatoms. The van der Waals surface area contributed by atoms with Gasteiger partial charge in [0.2, 0.25) is 5.89 Å². The summed E-state index contributed by atoms with van der Waals surface area (Å²) in [6, 6.07) is 0.313. The van der Waals surface area contributed by atoms with Crippen molar-refractivity contribution in [2.75, 3.05) is 26.2 Å². The first-order valence-corrected chi connectivity index (χ1v) is 7.19. The number of rotatable bonds is 6. The number of amides is 1. The van der Waals surface area contributed by atoms with Gasteiger partial charge in [0.05, 0.1) is 6.61 Å². The third kappa shape index (κ3) is 3.93. The number of likely N-dealkylation sites (tertiary alicyclic amines) is 1. The van der Waals surface area contributed by atoms with Gasteiger partial charge in [0.15, 0.2) is 5.82 Å². The highest BCUT2D eigenvalue weighted by Gasteiger charge is 2.26. The van der Waals surface area contributed by atoms with E-state index in [4.69, 9.17) is 9.26 Å². The predicted molar refractivity (Wildman–Crippen MR) is 72.4 cm³/mol. The molecule has 1 amide bonds. The fourth-order valence-corrected chi connectivity index (χ4v) is 2.23. The van der Waals surface area contributed by atoms with Crippen LogP contribution < -0.4 is 5.32 Å². The number of nitrogens with zero attached hydrogens (tertiary/aromatic N) is 3. The van der Waals surface area contributed by atoms with E-state index >= 15 is 0 Å². The van der Waals surface area contributed by atoms with E-state index in [1.807, 2.05) is 13.8 Å². The molecule has 7 nitrogen and oxygen atoms in total. The van der Waals surface area contributed by atoms with E-state index in [1.165, 1.54) is 0 Å². The van der Waals surface area contributed by atoms with Crippen molar-refractivity contribution in [3.8, 4) is 0 Å². The van der Waals surface area contributed by atoms with Crippen LogP contribution in [0.1, 0.15) is 32.0 Å². The van der Waals surface area contributed by atoms with E-state index in [-0.39, 0.29) is 6.09 Å². The molecule has 112 valence electrons. The van der Waals surface area contributed by atoms with Gasteiger partial charge < -0.3 is 19.5 Å². The lowest BCUT2D eigenvalue weighted by Crippen LogP contribution is -2.36. The minimum atomic E-state index is -0.221. The molecule has 1 atom stereocenters. The quantitative estimate of drug-likeness (QED) is 0.838. The summed E-state index contributed by atoms with van der Waals surface area (Å²) in [7, 11) is 0. The summed E-state index contributed by atoms with van der Waals surface area (Å²) >= 11 is 0. The third-order valence-electron chi connectivity index (χ3n) is 3.31. The topological polar surface area (TPSA) is 80.5 Å². The van der Waals surface area contributed by atoms with Crippen molar-refractivity contribution in [1.82, 2.24) is 20.4 Å². The number of carbonyl (C=O) groups is 1. The number of aryl methyl sites for hydroxylation is 1. The molecule has 2 rings (SSSR count). The number of ether oxygens (including phenoxy) is 1.